The molecule has 0 atom stereocenters. The van der Waals surface area contributed by atoms with E-state index in [1.54, 1.807) is 32.6 Å². The van der Waals surface area contributed by atoms with Crippen molar-refractivity contribution in [3.63, 3.8) is 0 Å². The predicted octanol–water partition coefficient (Wildman–Crippen LogP) is 4.10. The van der Waals surface area contributed by atoms with Gasteiger partial charge in [-0.05, 0) is 38.3 Å². The number of hydrogen-bond donors (Lipinski definition) is 2. The van der Waals surface area contributed by atoms with Gasteiger partial charge in [0.2, 0.25) is 0 Å². The second-order valence-electron chi connectivity index (χ2n) is 5.53. The molecule has 6 nitrogen and oxygen atoms in total. The van der Waals surface area contributed by atoms with Gasteiger partial charge in [-0.2, -0.15) is 0 Å². The van der Waals surface area contributed by atoms with Gasteiger partial charge in [0.15, 0.2) is 17.5 Å². The fraction of sp³-hybridized carbons (Fsp3) is 0.444. The van der Waals surface area contributed by atoms with E-state index in [-0.39, 0.29) is 24.0 Å². The Morgan fingerprint density at radius 3 is 2.58 bits per heavy atom. The molecule has 0 spiro atoms. The predicted molar refractivity (Wildman–Crippen MR) is 120 cm³/mol. The normalized spacial score (nSPS) is 10.8. The van der Waals surface area contributed by atoms with E-state index in [4.69, 9.17) is 9.47 Å². The summed E-state index contributed by atoms with van der Waals surface area (Å²) in [5, 5.41) is 9.90. The number of anilines is 1. The molecular formula is C18H27IN4O2S. The van der Waals surface area contributed by atoms with Crippen molar-refractivity contribution >= 4 is 47.0 Å². The van der Waals surface area contributed by atoms with Crippen LogP contribution < -0.4 is 20.1 Å². The van der Waals surface area contributed by atoms with E-state index >= 15 is 0 Å². The number of methoxy groups -OCH3 is 2. The Labute approximate surface area is 176 Å². The molecule has 1 aromatic carbocycles. The Balaban J connectivity index is 0.00000338. The maximum Gasteiger partial charge on any atom is 0.195 e. The zero-order valence-electron chi connectivity index (χ0n) is 15.7. The fourth-order valence-corrected chi connectivity index (χ4v) is 3.17. The smallest absolute Gasteiger partial charge is 0.195 e. The van der Waals surface area contributed by atoms with Crippen LogP contribution in [0.25, 0.3) is 0 Å². The van der Waals surface area contributed by atoms with Crippen molar-refractivity contribution in [2.24, 2.45) is 4.99 Å². The fourth-order valence-electron chi connectivity index (χ4n) is 2.36. The molecule has 0 radical (unpaired) electrons. The number of unbranched alkanes of at least 4 members (excludes halogenated alkanes) is 1. The van der Waals surface area contributed by atoms with E-state index in [1.807, 2.05) is 25.1 Å². The molecule has 0 bridgehead atoms. The van der Waals surface area contributed by atoms with Crippen LogP contribution in [0.4, 0.5) is 5.69 Å². The van der Waals surface area contributed by atoms with Gasteiger partial charge in [-0.1, -0.05) is 0 Å². The minimum Gasteiger partial charge on any atom is -0.493 e. The summed E-state index contributed by atoms with van der Waals surface area (Å²) in [4.78, 5) is 8.74. The SMILES string of the molecule is CN=C(NCCCCc1nc(C)cs1)Nc1ccc(OC)c(OC)c1.I. The van der Waals surface area contributed by atoms with Crippen LogP contribution in [0.5, 0.6) is 11.5 Å². The first-order valence-electron chi connectivity index (χ1n) is 8.27. The summed E-state index contributed by atoms with van der Waals surface area (Å²) in [5.74, 6) is 2.12. The Morgan fingerprint density at radius 1 is 1.19 bits per heavy atom. The number of nitrogens with one attached hydrogen (secondary N) is 2. The van der Waals surface area contributed by atoms with E-state index in [0.717, 1.165) is 43.1 Å². The van der Waals surface area contributed by atoms with Crippen molar-refractivity contribution in [1.82, 2.24) is 10.3 Å². The lowest BCUT2D eigenvalue weighted by Crippen LogP contribution is -2.31. The van der Waals surface area contributed by atoms with Crippen LogP contribution in [-0.2, 0) is 6.42 Å². The molecule has 26 heavy (non-hydrogen) atoms. The van der Waals surface area contributed by atoms with Crippen molar-refractivity contribution in [1.29, 1.82) is 0 Å². The topological polar surface area (TPSA) is 67.8 Å². The van der Waals surface area contributed by atoms with E-state index in [1.165, 1.54) is 5.01 Å². The molecular weight excluding hydrogens is 463 g/mol. The maximum atomic E-state index is 5.32. The van der Waals surface area contributed by atoms with Crippen molar-refractivity contribution in [2.75, 3.05) is 33.1 Å². The Bertz CT molecular complexity index is 706. The van der Waals surface area contributed by atoms with E-state index in [9.17, 15) is 0 Å². The van der Waals surface area contributed by atoms with Gasteiger partial charge in [0.25, 0.3) is 0 Å². The van der Waals surface area contributed by atoms with Crippen molar-refractivity contribution in [3.8, 4) is 11.5 Å². The van der Waals surface area contributed by atoms with E-state index in [0.29, 0.717) is 11.5 Å². The zero-order valence-corrected chi connectivity index (χ0v) is 18.8. The van der Waals surface area contributed by atoms with Gasteiger partial charge in [-0.3, -0.25) is 4.99 Å². The molecule has 0 saturated carbocycles. The number of aromatic nitrogens is 1. The van der Waals surface area contributed by atoms with Gasteiger partial charge in [0.05, 0.1) is 19.2 Å². The summed E-state index contributed by atoms with van der Waals surface area (Å²) in [7, 11) is 5.01. The average Bonchev–Trinajstić information content (AvgIpc) is 3.05. The lowest BCUT2D eigenvalue weighted by Gasteiger charge is -2.14. The summed E-state index contributed by atoms with van der Waals surface area (Å²) in [6.07, 6.45) is 3.19. The number of aryl methyl sites for hydroxylation is 2. The first-order valence-corrected chi connectivity index (χ1v) is 9.15. The Morgan fingerprint density at radius 2 is 1.96 bits per heavy atom. The molecule has 0 fully saturated rings. The third kappa shape index (κ3) is 6.99. The summed E-state index contributed by atoms with van der Waals surface area (Å²) in [6.45, 7) is 2.89. The van der Waals surface area contributed by atoms with Gasteiger partial charge in [-0.15, -0.1) is 35.3 Å². The highest BCUT2D eigenvalue weighted by Gasteiger charge is 2.06. The third-order valence-electron chi connectivity index (χ3n) is 3.65. The van der Waals surface area contributed by atoms with Gasteiger partial charge in [0.1, 0.15) is 0 Å². The summed E-state index contributed by atoms with van der Waals surface area (Å²) >= 11 is 1.74. The number of nitrogens with zero attached hydrogens (tertiary/aromatic N) is 2. The minimum atomic E-state index is 0. The number of thiazole rings is 1. The highest BCUT2D eigenvalue weighted by Crippen LogP contribution is 2.29. The zero-order chi connectivity index (χ0) is 18.1. The first kappa shape index (κ1) is 22.5. The number of halogens is 1. The van der Waals surface area contributed by atoms with Crippen LogP contribution >= 0.6 is 35.3 Å². The Hall–Kier alpha value is -1.55. The van der Waals surface area contributed by atoms with E-state index < -0.39 is 0 Å². The van der Waals surface area contributed by atoms with E-state index in [2.05, 4.69) is 26.0 Å². The number of aliphatic imine (C=N–C) groups is 1. The van der Waals surface area contributed by atoms with Gasteiger partial charge in [0, 0.05) is 36.4 Å². The molecule has 2 rings (SSSR count). The number of hydrogen-bond acceptors (Lipinski definition) is 5. The van der Waals surface area contributed by atoms with Crippen LogP contribution in [0, 0.1) is 6.92 Å². The van der Waals surface area contributed by atoms with Gasteiger partial charge in [-0.25, -0.2) is 4.98 Å². The molecule has 144 valence electrons. The number of ether oxygens (including phenoxy) is 2. The molecule has 0 unspecified atom stereocenters. The molecule has 0 aliphatic carbocycles. The monoisotopic (exact) mass is 490 g/mol. The largest absolute Gasteiger partial charge is 0.493 e. The molecule has 0 amide bonds. The maximum absolute atomic E-state index is 5.32. The van der Waals surface area contributed by atoms with Crippen LogP contribution in [0.1, 0.15) is 23.5 Å². The van der Waals surface area contributed by atoms with Crippen molar-refractivity contribution < 1.29 is 9.47 Å². The molecule has 0 aliphatic heterocycles. The molecule has 1 aromatic heterocycles. The lowest BCUT2D eigenvalue weighted by atomic mass is 10.2. The standard InChI is InChI=1S/C18H26N4O2S.HI/c1-13-12-25-17(21-13)7-5-6-10-20-18(19-2)22-14-8-9-15(23-3)16(11-14)24-4;/h8-9,11-12H,5-7,10H2,1-4H3,(H2,19,20,22);1H. The highest BCUT2D eigenvalue weighted by atomic mass is 127. The molecule has 2 N–H and O–H groups in total. The van der Waals surface area contributed by atoms with Crippen LogP contribution in [0.3, 0.4) is 0 Å². The second-order valence-corrected chi connectivity index (χ2v) is 6.48. The number of guanidine groups is 1. The molecule has 0 saturated heterocycles. The molecule has 0 aliphatic rings. The molecule has 1 heterocycles. The van der Waals surface area contributed by atoms with Crippen LogP contribution in [-0.4, -0.2) is 38.8 Å². The van der Waals surface area contributed by atoms with Gasteiger partial charge < -0.3 is 20.1 Å². The van der Waals surface area contributed by atoms with Crippen molar-refractivity contribution in [3.05, 3.63) is 34.3 Å². The van der Waals surface area contributed by atoms with Crippen molar-refractivity contribution in [2.45, 2.75) is 26.2 Å². The second kappa shape index (κ2) is 11.9. The minimum absolute atomic E-state index is 0. The first-order chi connectivity index (χ1) is 12.2. The summed E-state index contributed by atoms with van der Waals surface area (Å²) in [5.41, 5.74) is 2.00. The highest BCUT2D eigenvalue weighted by molar-refractivity contribution is 14.0. The van der Waals surface area contributed by atoms with Crippen LogP contribution in [0.15, 0.2) is 28.6 Å². The van der Waals surface area contributed by atoms with Gasteiger partial charge >= 0.3 is 0 Å². The lowest BCUT2D eigenvalue weighted by molar-refractivity contribution is 0.355. The van der Waals surface area contributed by atoms with Crippen LogP contribution in [0.2, 0.25) is 0 Å². The quantitative estimate of drug-likeness (QED) is 0.253. The third-order valence-corrected chi connectivity index (χ3v) is 4.67. The number of benzene rings is 1. The average molecular weight is 490 g/mol. The Kier molecular flexibility index (Phi) is 10.3. The molecule has 2 aromatic rings. The summed E-state index contributed by atoms with van der Waals surface area (Å²) in [6, 6.07) is 5.68. The number of rotatable bonds is 8. The summed E-state index contributed by atoms with van der Waals surface area (Å²) < 4.78 is 10.6. The molecule has 8 heteroatoms.